The van der Waals surface area contributed by atoms with Gasteiger partial charge >= 0.3 is 6.03 Å². The lowest BCUT2D eigenvalue weighted by Crippen LogP contribution is -2.52. The van der Waals surface area contributed by atoms with E-state index in [-0.39, 0.29) is 11.4 Å². The van der Waals surface area contributed by atoms with Crippen molar-refractivity contribution < 1.29 is 9.59 Å². The minimum absolute atomic E-state index is 0.0636. The van der Waals surface area contributed by atoms with Gasteiger partial charge in [-0.25, -0.2) is 4.79 Å². The molecule has 26 heavy (non-hydrogen) atoms. The molecule has 0 saturated carbocycles. The molecule has 0 aromatic carbocycles. The predicted molar refractivity (Wildman–Crippen MR) is 107 cm³/mol. The Kier molecular flexibility index (Phi) is 7.62. The van der Waals surface area contributed by atoms with Crippen LogP contribution >= 0.6 is 11.5 Å². The van der Waals surface area contributed by atoms with Crippen LogP contribution in [0.1, 0.15) is 66.9 Å². The molecule has 1 aromatic heterocycles. The summed E-state index contributed by atoms with van der Waals surface area (Å²) in [6.07, 6.45) is 5.11. The molecule has 0 aliphatic heterocycles. The SMILES string of the molecule is CCCCc1cn(C(C)(C)C)s/c1=N\C(=O)N[C@H](C(=O)NC)C(C)(C)C. The van der Waals surface area contributed by atoms with Crippen LogP contribution in [0.3, 0.4) is 0 Å². The lowest BCUT2D eigenvalue weighted by molar-refractivity contribution is -0.124. The highest BCUT2D eigenvalue weighted by Gasteiger charge is 2.32. The second-order valence-electron chi connectivity index (χ2n) is 8.63. The van der Waals surface area contributed by atoms with E-state index in [0.29, 0.717) is 0 Å². The van der Waals surface area contributed by atoms with Gasteiger partial charge in [0.2, 0.25) is 5.91 Å². The van der Waals surface area contributed by atoms with E-state index < -0.39 is 17.5 Å². The van der Waals surface area contributed by atoms with Gasteiger partial charge in [-0.1, -0.05) is 34.1 Å². The Bertz CT molecular complexity index is 690. The highest BCUT2D eigenvalue weighted by molar-refractivity contribution is 7.04. The summed E-state index contributed by atoms with van der Waals surface area (Å²) in [6.45, 7) is 14.3. The quantitative estimate of drug-likeness (QED) is 0.819. The Morgan fingerprint density at radius 2 is 1.85 bits per heavy atom. The molecule has 0 bridgehead atoms. The van der Waals surface area contributed by atoms with E-state index in [9.17, 15) is 9.59 Å². The molecular formula is C19H34N4O2S. The number of unbranched alkanes of at least 4 members (excludes halogenated alkanes) is 1. The topological polar surface area (TPSA) is 75.5 Å². The Morgan fingerprint density at radius 3 is 2.31 bits per heavy atom. The second kappa shape index (κ2) is 8.84. The van der Waals surface area contributed by atoms with Crippen LogP contribution in [0.15, 0.2) is 11.2 Å². The van der Waals surface area contributed by atoms with Gasteiger partial charge in [0, 0.05) is 24.3 Å². The first kappa shape index (κ1) is 22.4. The van der Waals surface area contributed by atoms with Crippen molar-refractivity contribution in [3.63, 3.8) is 0 Å². The highest BCUT2D eigenvalue weighted by Crippen LogP contribution is 2.20. The largest absolute Gasteiger partial charge is 0.357 e. The number of nitrogens with zero attached hydrogens (tertiary/aromatic N) is 2. The molecular weight excluding hydrogens is 348 g/mol. The third-order valence-corrected chi connectivity index (χ3v) is 5.42. The molecule has 6 nitrogen and oxygen atoms in total. The van der Waals surface area contributed by atoms with E-state index in [0.717, 1.165) is 29.5 Å². The summed E-state index contributed by atoms with van der Waals surface area (Å²) < 4.78 is 2.85. The molecule has 0 spiro atoms. The van der Waals surface area contributed by atoms with Crippen LogP contribution in [0.2, 0.25) is 0 Å². The number of aryl methyl sites for hydroxylation is 1. The molecule has 0 radical (unpaired) electrons. The van der Waals surface area contributed by atoms with Gasteiger partial charge in [0.05, 0.1) is 0 Å². The zero-order valence-corrected chi connectivity index (χ0v) is 18.2. The highest BCUT2D eigenvalue weighted by atomic mass is 32.1. The Morgan fingerprint density at radius 1 is 1.23 bits per heavy atom. The second-order valence-corrected chi connectivity index (χ2v) is 9.59. The van der Waals surface area contributed by atoms with Crippen molar-refractivity contribution in [2.24, 2.45) is 10.4 Å². The van der Waals surface area contributed by atoms with Crippen LogP contribution in [0.25, 0.3) is 0 Å². The summed E-state index contributed by atoms with van der Waals surface area (Å²) >= 11 is 1.48. The first-order valence-corrected chi connectivity index (χ1v) is 9.96. The van der Waals surface area contributed by atoms with Crippen molar-refractivity contribution in [2.75, 3.05) is 7.05 Å². The van der Waals surface area contributed by atoms with Crippen molar-refractivity contribution >= 4 is 23.5 Å². The fourth-order valence-corrected chi connectivity index (χ4v) is 3.44. The standard InChI is InChI=1S/C19H34N4O2S/c1-9-10-11-13-12-23(19(5,6)7)26-16(13)22-17(25)21-14(15(24)20-8)18(2,3)4/h12,14H,9-11H2,1-8H3,(H,20,24)(H,21,25)/b22-16-/t14-/m1/s1. The van der Waals surface area contributed by atoms with E-state index in [1.807, 2.05) is 20.8 Å². The number of urea groups is 1. The minimum atomic E-state index is -0.641. The van der Waals surface area contributed by atoms with E-state index in [1.165, 1.54) is 11.5 Å². The van der Waals surface area contributed by atoms with Crippen molar-refractivity contribution in [1.82, 2.24) is 14.6 Å². The van der Waals surface area contributed by atoms with Gasteiger partial charge in [0.25, 0.3) is 0 Å². The molecule has 7 heteroatoms. The maximum Gasteiger partial charge on any atom is 0.343 e. The van der Waals surface area contributed by atoms with Crippen molar-refractivity contribution in [2.45, 2.75) is 79.3 Å². The zero-order chi connectivity index (χ0) is 20.1. The molecule has 3 amide bonds. The van der Waals surface area contributed by atoms with Crippen molar-refractivity contribution in [3.8, 4) is 0 Å². The van der Waals surface area contributed by atoms with Gasteiger partial charge in [-0.3, -0.25) is 8.75 Å². The normalized spacial score (nSPS) is 14.2. The van der Waals surface area contributed by atoms with E-state index >= 15 is 0 Å². The average Bonchev–Trinajstić information content (AvgIpc) is 2.91. The number of hydrogen-bond donors (Lipinski definition) is 2. The molecule has 1 rings (SSSR count). The number of carbonyl (C=O) groups is 2. The Balaban J connectivity index is 3.18. The zero-order valence-electron chi connectivity index (χ0n) is 17.4. The first-order valence-electron chi connectivity index (χ1n) is 9.19. The Hall–Kier alpha value is -1.63. The smallest absolute Gasteiger partial charge is 0.343 e. The van der Waals surface area contributed by atoms with Crippen LogP contribution in [0.4, 0.5) is 4.79 Å². The van der Waals surface area contributed by atoms with Gasteiger partial charge in [0.1, 0.15) is 10.7 Å². The van der Waals surface area contributed by atoms with Crippen LogP contribution in [-0.4, -0.2) is 29.0 Å². The number of amides is 3. The molecule has 0 aliphatic rings. The molecule has 1 aromatic rings. The third-order valence-electron chi connectivity index (χ3n) is 4.04. The molecule has 0 fully saturated rings. The average molecular weight is 383 g/mol. The number of nitrogens with one attached hydrogen (secondary N) is 2. The molecule has 1 atom stereocenters. The maximum absolute atomic E-state index is 12.5. The summed E-state index contributed by atoms with van der Waals surface area (Å²) in [5, 5.41) is 5.37. The Labute approximate surface area is 161 Å². The number of carbonyl (C=O) groups excluding carboxylic acids is 2. The minimum Gasteiger partial charge on any atom is -0.357 e. The summed E-state index contributed by atoms with van der Waals surface area (Å²) in [7, 11) is 1.57. The van der Waals surface area contributed by atoms with Gasteiger partial charge in [0.15, 0.2) is 0 Å². The lowest BCUT2D eigenvalue weighted by atomic mass is 9.86. The van der Waals surface area contributed by atoms with E-state index in [1.54, 1.807) is 7.05 Å². The third kappa shape index (κ3) is 6.27. The monoisotopic (exact) mass is 382 g/mol. The van der Waals surface area contributed by atoms with Crippen LogP contribution in [-0.2, 0) is 16.8 Å². The van der Waals surface area contributed by atoms with Crippen LogP contribution in [0.5, 0.6) is 0 Å². The number of hydrogen-bond acceptors (Lipinski definition) is 3. The molecule has 1 heterocycles. The van der Waals surface area contributed by atoms with Crippen molar-refractivity contribution in [1.29, 1.82) is 0 Å². The molecule has 0 aliphatic carbocycles. The van der Waals surface area contributed by atoms with Gasteiger partial charge in [-0.15, -0.1) is 0 Å². The number of rotatable bonds is 5. The van der Waals surface area contributed by atoms with Crippen LogP contribution < -0.4 is 15.3 Å². The molecule has 0 unspecified atom stereocenters. The lowest BCUT2D eigenvalue weighted by Gasteiger charge is -2.29. The first-order chi connectivity index (χ1) is 11.9. The fourth-order valence-electron chi connectivity index (χ4n) is 2.40. The predicted octanol–water partition coefficient (Wildman–Crippen LogP) is 3.42. The van der Waals surface area contributed by atoms with Crippen LogP contribution in [0, 0.1) is 5.41 Å². The summed E-state index contributed by atoms with van der Waals surface area (Å²) in [4.78, 5) is 28.9. The molecule has 2 N–H and O–H groups in total. The van der Waals surface area contributed by atoms with Gasteiger partial charge < -0.3 is 10.6 Å². The number of likely N-dealkylation sites (N-methyl/N-ethyl adjacent to an activating group) is 1. The fraction of sp³-hybridized carbons (Fsp3) is 0.737. The van der Waals surface area contributed by atoms with Crippen molar-refractivity contribution in [3.05, 3.63) is 16.4 Å². The molecule has 0 saturated heterocycles. The van der Waals surface area contributed by atoms with Gasteiger partial charge in [-0.05, 0) is 50.6 Å². The number of aromatic nitrogens is 1. The summed E-state index contributed by atoms with van der Waals surface area (Å²) in [5.74, 6) is -0.219. The van der Waals surface area contributed by atoms with E-state index in [4.69, 9.17) is 0 Å². The summed E-state index contributed by atoms with van der Waals surface area (Å²) in [5.41, 5.74) is 0.609. The summed E-state index contributed by atoms with van der Waals surface area (Å²) in [6, 6.07) is -1.12. The van der Waals surface area contributed by atoms with E-state index in [2.05, 4.69) is 53.5 Å². The van der Waals surface area contributed by atoms with Gasteiger partial charge in [-0.2, -0.15) is 4.99 Å². The molecule has 148 valence electrons. The maximum atomic E-state index is 12.5.